The lowest BCUT2D eigenvalue weighted by Gasteiger charge is -2.20. The van der Waals surface area contributed by atoms with Crippen LogP contribution in [0.5, 0.6) is 0 Å². The highest BCUT2D eigenvalue weighted by Gasteiger charge is 2.11. The van der Waals surface area contributed by atoms with Gasteiger partial charge in [0.2, 0.25) is 5.91 Å². The highest BCUT2D eigenvalue weighted by atomic mass is 19.1. The molecule has 0 radical (unpaired) electrons. The zero-order chi connectivity index (χ0) is 13.5. The molecule has 0 fully saturated rings. The smallest absolute Gasteiger partial charge is 0.238 e. The molecule has 0 heterocycles. The van der Waals surface area contributed by atoms with E-state index in [1.54, 1.807) is 12.1 Å². The summed E-state index contributed by atoms with van der Waals surface area (Å²) in [4.78, 5) is 11.7. The second kappa shape index (κ2) is 7.11. The SMILES string of the molecule is CCC(NCC(=O)Nc1ccc(F)cc1)C(C)C. The number of amides is 1. The Morgan fingerprint density at radius 3 is 2.39 bits per heavy atom. The van der Waals surface area contributed by atoms with Crippen LogP contribution in [0.15, 0.2) is 24.3 Å². The van der Waals surface area contributed by atoms with Gasteiger partial charge in [-0.1, -0.05) is 20.8 Å². The van der Waals surface area contributed by atoms with E-state index in [0.29, 0.717) is 17.6 Å². The molecule has 1 rings (SSSR count). The van der Waals surface area contributed by atoms with Crippen LogP contribution in [0.1, 0.15) is 27.2 Å². The van der Waals surface area contributed by atoms with Crippen molar-refractivity contribution in [2.24, 2.45) is 5.92 Å². The van der Waals surface area contributed by atoms with Crippen LogP contribution in [0, 0.1) is 11.7 Å². The van der Waals surface area contributed by atoms with Crippen LogP contribution in [0.3, 0.4) is 0 Å². The lowest BCUT2D eigenvalue weighted by atomic mass is 10.0. The van der Waals surface area contributed by atoms with Gasteiger partial charge in [-0.2, -0.15) is 0 Å². The number of anilines is 1. The molecule has 1 aromatic rings. The number of halogens is 1. The quantitative estimate of drug-likeness (QED) is 0.817. The van der Waals surface area contributed by atoms with Gasteiger partial charge in [0.25, 0.3) is 0 Å². The summed E-state index contributed by atoms with van der Waals surface area (Å²) >= 11 is 0. The molecule has 1 atom stereocenters. The van der Waals surface area contributed by atoms with Crippen molar-refractivity contribution in [1.82, 2.24) is 5.32 Å². The third-order valence-electron chi connectivity index (χ3n) is 2.90. The summed E-state index contributed by atoms with van der Waals surface area (Å²) in [6.45, 7) is 6.61. The van der Waals surface area contributed by atoms with Gasteiger partial charge in [0.05, 0.1) is 6.54 Å². The van der Waals surface area contributed by atoms with E-state index in [1.807, 2.05) is 0 Å². The fourth-order valence-electron chi connectivity index (χ4n) is 1.81. The van der Waals surface area contributed by atoms with E-state index < -0.39 is 0 Å². The number of rotatable bonds is 6. The van der Waals surface area contributed by atoms with Gasteiger partial charge in [0.15, 0.2) is 0 Å². The fourth-order valence-corrected chi connectivity index (χ4v) is 1.81. The molecule has 1 aromatic carbocycles. The predicted octanol–water partition coefficient (Wildman–Crippen LogP) is 2.79. The van der Waals surface area contributed by atoms with Crippen LogP contribution >= 0.6 is 0 Å². The molecule has 0 saturated heterocycles. The largest absolute Gasteiger partial charge is 0.325 e. The van der Waals surface area contributed by atoms with Crippen molar-refractivity contribution in [3.63, 3.8) is 0 Å². The summed E-state index contributed by atoms with van der Waals surface area (Å²) in [6, 6.07) is 6.09. The number of nitrogens with one attached hydrogen (secondary N) is 2. The third-order valence-corrected chi connectivity index (χ3v) is 2.90. The zero-order valence-electron chi connectivity index (χ0n) is 11.2. The van der Waals surface area contributed by atoms with E-state index in [-0.39, 0.29) is 18.3 Å². The Hall–Kier alpha value is -1.42. The summed E-state index contributed by atoms with van der Waals surface area (Å²) in [7, 11) is 0. The molecule has 2 N–H and O–H groups in total. The first-order valence-corrected chi connectivity index (χ1v) is 6.31. The second-order valence-corrected chi connectivity index (χ2v) is 4.69. The molecule has 4 heteroatoms. The molecular weight excluding hydrogens is 231 g/mol. The fraction of sp³-hybridized carbons (Fsp3) is 0.500. The van der Waals surface area contributed by atoms with Gasteiger partial charge < -0.3 is 10.6 Å². The van der Waals surface area contributed by atoms with Crippen LogP contribution in [-0.4, -0.2) is 18.5 Å². The normalized spacial score (nSPS) is 12.5. The van der Waals surface area contributed by atoms with E-state index in [9.17, 15) is 9.18 Å². The maximum absolute atomic E-state index is 12.7. The molecule has 18 heavy (non-hydrogen) atoms. The Morgan fingerprint density at radius 1 is 1.28 bits per heavy atom. The van der Waals surface area contributed by atoms with E-state index >= 15 is 0 Å². The van der Waals surface area contributed by atoms with Gasteiger partial charge in [-0.05, 0) is 36.6 Å². The summed E-state index contributed by atoms with van der Waals surface area (Å²) < 4.78 is 12.7. The van der Waals surface area contributed by atoms with Gasteiger partial charge >= 0.3 is 0 Å². The Bertz CT molecular complexity index is 376. The number of benzene rings is 1. The number of hydrogen-bond acceptors (Lipinski definition) is 2. The Labute approximate surface area is 108 Å². The predicted molar refractivity (Wildman–Crippen MR) is 71.9 cm³/mol. The Kier molecular flexibility index (Phi) is 5.78. The highest BCUT2D eigenvalue weighted by Crippen LogP contribution is 2.08. The van der Waals surface area contributed by atoms with Crippen molar-refractivity contribution in [3.8, 4) is 0 Å². The van der Waals surface area contributed by atoms with Gasteiger partial charge in [-0.3, -0.25) is 4.79 Å². The maximum Gasteiger partial charge on any atom is 0.238 e. The molecular formula is C14H21FN2O. The topological polar surface area (TPSA) is 41.1 Å². The zero-order valence-corrected chi connectivity index (χ0v) is 11.2. The van der Waals surface area contributed by atoms with Gasteiger partial charge in [-0.25, -0.2) is 4.39 Å². The molecule has 3 nitrogen and oxygen atoms in total. The first-order chi connectivity index (χ1) is 8.52. The molecule has 100 valence electrons. The minimum Gasteiger partial charge on any atom is -0.325 e. The van der Waals surface area contributed by atoms with Crippen molar-refractivity contribution >= 4 is 11.6 Å². The minimum absolute atomic E-state index is 0.110. The molecule has 1 amide bonds. The maximum atomic E-state index is 12.7. The van der Waals surface area contributed by atoms with Crippen LogP contribution in [0.25, 0.3) is 0 Å². The number of hydrogen-bond donors (Lipinski definition) is 2. The minimum atomic E-state index is -0.308. The molecule has 0 aliphatic heterocycles. The highest BCUT2D eigenvalue weighted by molar-refractivity contribution is 5.92. The van der Waals surface area contributed by atoms with Crippen LogP contribution in [-0.2, 0) is 4.79 Å². The van der Waals surface area contributed by atoms with Crippen LogP contribution in [0.4, 0.5) is 10.1 Å². The van der Waals surface area contributed by atoms with Gasteiger partial charge in [0.1, 0.15) is 5.82 Å². The third kappa shape index (κ3) is 4.84. The van der Waals surface area contributed by atoms with Crippen LogP contribution in [0.2, 0.25) is 0 Å². The Balaban J connectivity index is 2.40. The molecule has 0 aromatic heterocycles. The summed E-state index contributed by atoms with van der Waals surface area (Å²) in [5.74, 6) is 0.0753. The number of carbonyl (C=O) groups excluding carboxylic acids is 1. The van der Waals surface area contributed by atoms with Gasteiger partial charge in [0, 0.05) is 11.7 Å². The first-order valence-electron chi connectivity index (χ1n) is 6.31. The molecule has 0 aliphatic carbocycles. The van der Waals surface area contributed by atoms with Crippen molar-refractivity contribution in [2.45, 2.75) is 33.2 Å². The summed E-state index contributed by atoms with van der Waals surface area (Å²) in [6.07, 6.45) is 0.988. The summed E-state index contributed by atoms with van der Waals surface area (Å²) in [5, 5.41) is 5.93. The Morgan fingerprint density at radius 2 is 1.89 bits per heavy atom. The molecule has 0 saturated carbocycles. The lowest BCUT2D eigenvalue weighted by molar-refractivity contribution is -0.115. The average molecular weight is 252 g/mol. The van der Waals surface area contributed by atoms with Crippen LogP contribution < -0.4 is 10.6 Å². The van der Waals surface area contributed by atoms with Crippen molar-refractivity contribution in [2.75, 3.05) is 11.9 Å². The van der Waals surface area contributed by atoms with E-state index in [2.05, 4.69) is 31.4 Å². The van der Waals surface area contributed by atoms with E-state index in [1.165, 1.54) is 12.1 Å². The summed E-state index contributed by atoms with van der Waals surface area (Å²) in [5.41, 5.74) is 0.612. The van der Waals surface area contributed by atoms with Crippen molar-refractivity contribution < 1.29 is 9.18 Å². The van der Waals surface area contributed by atoms with Gasteiger partial charge in [-0.15, -0.1) is 0 Å². The average Bonchev–Trinajstić information content (AvgIpc) is 2.32. The lowest BCUT2D eigenvalue weighted by Crippen LogP contribution is -2.38. The first kappa shape index (κ1) is 14.6. The van der Waals surface area contributed by atoms with E-state index in [0.717, 1.165) is 6.42 Å². The standard InChI is InChI=1S/C14H21FN2O/c1-4-13(10(2)3)16-9-14(18)17-12-7-5-11(15)6-8-12/h5-8,10,13,16H,4,9H2,1-3H3,(H,17,18). The molecule has 0 aliphatic rings. The van der Waals surface area contributed by atoms with E-state index in [4.69, 9.17) is 0 Å². The molecule has 0 spiro atoms. The second-order valence-electron chi connectivity index (χ2n) is 4.69. The number of carbonyl (C=O) groups is 1. The van der Waals surface area contributed by atoms with Crippen molar-refractivity contribution in [1.29, 1.82) is 0 Å². The molecule has 0 bridgehead atoms. The monoisotopic (exact) mass is 252 g/mol. The van der Waals surface area contributed by atoms with Crippen molar-refractivity contribution in [3.05, 3.63) is 30.1 Å². The molecule has 1 unspecified atom stereocenters.